The molecule has 1 N–H and O–H groups in total. The molecule has 0 radical (unpaired) electrons. The molecule has 1 unspecified atom stereocenters. The Balaban J connectivity index is 2.17. The third-order valence-electron chi connectivity index (χ3n) is 3.18. The molecule has 2 nitrogen and oxygen atoms in total. The van der Waals surface area contributed by atoms with Crippen LogP contribution in [0.1, 0.15) is 24.2 Å². The molecule has 19 heavy (non-hydrogen) atoms. The number of rotatable bonds is 4. The molecule has 2 aromatic rings. The maximum Gasteiger partial charge on any atom is 0.0934 e. The van der Waals surface area contributed by atoms with Crippen LogP contribution >= 0.6 is 0 Å². The fraction of sp³-hybridized carbons (Fsp3) is 0.250. The minimum absolute atomic E-state index is 0.342. The molecular weight excluding hydrogens is 256 g/mol. The van der Waals surface area contributed by atoms with E-state index in [2.05, 4.69) is 0 Å². The smallest absolute Gasteiger partial charge is 0.0934 e. The molecule has 0 aliphatic rings. The Kier molecular flexibility index (Phi) is 4.51. The van der Waals surface area contributed by atoms with Crippen LogP contribution in [0.4, 0.5) is 0 Å². The lowest BCUT2D eigenvalue weighted by atomic mass is 10.1. The normalized spacial score (nSPS) is 15.7. The number of benzene rings is 2. The van der Waals surface area contributed by atoms with Gasteiger partial charge in [-0.15, -0.1) is 0 Å². The lowest BCUT2D eigenvalue weighted by molar-refractivity contribution is 0.178. The Labute approximate surface area is 116 Å². The second-order valence-corrected chi connectivity index (χ2v) is 6.48. The van der Waals surface area contributed by atoms with Gasteiger partial charge in [0.15, 0.2) is 0 Å². The number of hydrogen-bond acceptors (Lipinski definition) is 2. The summed E-state index contributed by atoms with van der Waals surface area (Å²) in [4.78, 5) is 0.757. The van der Waals surface area contributed by atoms with Crippen molar-refractivity contribution >= 4 is 10.8 Å². The highest BCUT2D eigenvalue weighted by Gasteiger charge is 2.23. The zero-order valence-corrected chi connectivity index (χ0v) is 11.9. The van der Waals surface area contributed by atoms with Crippen LogP contribution in [0.3, 0.4) is 0 Å². The first-order valence-electron chi connectivity index (χ1n) is 6.30. The van der Waals surface area contributed by atoms with E-state index in [1.165, 1.54) is 0 Å². The summed E-state index contributed by atoms with van der Waals surface area (Å²) >= 11 is 0. The van der Waals surface area contributed by atoms with E-state index in [4.69, 9.17) is 0 Å². The molecule has 2 aromatic carbocycles. The van der Waals surface area contributed by atoms with Crippen LogP contribution in [0.5, 0.6) is 0 Å². The van der Waals surface area contributed by atoms with Gasteiger partial charge < -0.3 is 5.11 Å². The summed E-state index contributed by atoms with van der Waals surface area (Å²) in [6.07, 6.45) is -0.719. The van der Waals surface area contributed by atoms with Gasteiger partial charge in [-0.2, -0.15) is 0 Å². The van der Waals surface area contributed by atoms with Crippen LogP contribution < -0.4 is 0 Å². The highest BCUT2D eigenvalue weighted by molar-refractivity contribution is 7.85. The van der Waals surface area contributed by atoms with Gasteiger partial charge in [0.05, 0.1) is 22.2 Å². The molecule has 0 bridgehead atoms. The van der Waals surface area contributed by atoms with Gasteiger partial charge in [-0.05, 0) is 31.5 Å². The van der Waals surface area contributed by atoms with E-state index >= 15 is 0 Å². The van der Waals surface area contributed by atoms with Crippen molar-refractivity contribution in [2.24, 2.45) is 0 Å². The first-order chi connectivity index (χ1) is 9.09. The molecule has 0 heterocycles. The lowest BCUT2D eigenvalue weighted by Gasteiger charge is -2.18. The van der Waals surface area contributed by atoms with Crippen LogP contribution in [0.25, 0.3) is 0 Å². The average molecular weight is 274 g/mol. The van der Waals surface area contributed by atoms with Gasteiger partial charge in [-0.1, -0.05) is 48.0 Å². The Morgan fingerprint density at radius 2 is 1.58 bits per heavy atom. The van der Waals surface area contributed by atoms with E-state index in [9.17, 15) is 9.32 Å². The van der Waals surface area contributed by atoms with Crippen molar-refractivity contribution in [3.63, 3.8) is 0 Å². The van der Waals surface area contributed by atoms with E-state index in [-0.39, 0.29) is 5.25 Å². The minimum atomic E-state index is -1.22. The molecule has 0 aromatic heterocycles. The van der Waals surface area contributed by atoms with Crippen LogP contribution in [-0.2, 0) is 10.8 Å². The van der Waals surface area contributed by atoms with Crippen molar-refractivity contribution in [2.75, 3.05) is 0 Å². The zero-order valence-electron chi connectivity index (χ0n) is 11.1. The van der Waals surface area contributed by atoms with Crippen molar-refractivity contribution in [1.29, 1.82) is 0 Å². The van der Waals surface area contributed by atoms with Crippen LogP contribution in [0.2, 0.25) is 0 Å². The van der Waals surface area contributed by atoms with Gasteiger partial charge >= 0.3 is 0 Å². The van der Waals surface area contributed by atoms with E-state index in [0.717, 1.165) is 16.0 Å². The van der Waals surface area contributed by atoms with Crippen molar-refractivity contribution in [3.05, 3.63) is 65.7 Å². The monoisotopic (exact) mass is 274 g/mol. The average Bonchev–Trinajstić information content (AvgIpc) is 2.46. The molecule has 3 atom stereocenters. The Morgan fingerprint density at radius 3 is 2.16 bits per heavy atom. The fourth-order valence-electron chi connectivity index (χ4n) is 1.93. The second kappa shape index (κ2) is 6.13. The largest absolute Gasteiger partial charge is 0.387 e. The third kappa shape index (κ3) is 3.31. The molecule has 0 amide bonds. The molecular formula is C16H18O2S. The first-order valence-corrected chi connectivity index (χ1v) is 7.51. The van der Waals surface area contributed by atoms with Crippen molar-refractivity contribution in [3.8, 4) is 0 Å². The SMILES string of the molecule is Cc1ccc(S(=O)[C@@H](C)[C@H](O)c2ccccc2)cc1. The van der Waals surface area contributed by atoms with Gasteiger partial charge in [-0.3, -0.25) is 4.21 Å². The Bertz CT molecular complexity index is 549. The maximum atomic E-state index is 12.4. The third-order valence-corrected chi connectivity index (χ3v) is 4.85. The summed E-state index contributed by atoms with van der Waals surface area (Å²) in [7, 11) is -1.22. The number of hydrogen-bond donors (Lipinski definition) is 1. The maximum absolute atomic E-state index is 12.4. The predicted molar refractivity (Wildman–Crippen MR) is 78.5 cm³/mol. The quantitative estimate of drug-likeness (QED) is 0.929. The Morgan fingerprint density at radius 1 is 1.00 bits per heavy atom. The topological polar surface area (TPSA) is 37.3 Å². The highest BCUT2D eigenvalue weighted by Crippen LogP contribution is 2.24. The van der Waals surface area contributed by atoms with Crippen molar-refractivity contribution in [1.82, 2.24) is 0 Å². The van der Waals surface area contributed by atoms with Gasteiger partial charge in [0.25, 0.3) is 0 Å². The lowest BCUT2D eigenvalue weighted by Crippen LogP contribution is -2.20. The Hall–Kier alpha value is -1.45. The summed E-state index contributed by atoms with van der Waals surface area (Å²) in [6.45, 7) is 3.81. The fourth-order valence-corrected chi connectivity index (χ4v) is 3.15. The molecule has 0 fully saturated rings. The molecule has 0 saturated heterocycles. The van der Waals surface area contributed by atoms with Crippen LogP contribution in [0, 0.1) is 6.92 Å². The van der Waals surface area contributed by atoms with Gasteiger partial charge in [0.1, 0.15) is 0 Å². The van der Waals surface area contributed by atoms with Crippen LogP contribution in [0.15, 0.2) is 59.5 Å². The molecule has 0 aliphatic carbocycles. The van der Waals surface area contributed by atoms with E-state index < -0.39 is 16.9 Å². The van der Waals surface area contributed by atoms with Crippen molar-refractivity contribution in [2.45, 2.75) is 30.1 Å². The predicted octanol–water partition coefficient (Wildman–Crippen LogP) is 3.22. The number of aliphatic hydroxyl groups excluding tert-OH is 1. The van der Waals surface area contributed by atoms with Crippen LogP contribution in [-0.4, -0.2) is 14.6 Å². The first kappa shape index (κ1) is 14.0. The van der Waals surface area contributed by atoms with Gasteiger partial charge in [-0.25, -0.2) is 0 Å². The van der Waals surface area contributed by atoms with E-state index in [0.29, 0.717) is 0 Å². The molecule has 2 rings (SSSR count). The molecule has 0 aliphatic heterocycles. The minimum Gasteiger partial charge on any atom is -0.387 e. The number of aliphatic hydroxyl groups is 1. The molecule has 0 spiro atoms. The summed E-state index contributed by atoms with van der Waals surface area (Å²) in [5.41, 5.74) is 1.94. The molecule has 3 heteroatoms. The van der Waals surface area contributed by atoms with E-state index in [1.807, 2.05) is 68.4 Å². The highest BCUT2D eigenvalue weighted by atomic mass is 32.2. The van der Waals surface area contributed by atoms with E-state index in [1.54, 1.807) is 0 Å². The summed E-state index contributed by atoms with van der Waals surface area (Å²) in [5, 5.41) is 9.94. The van der Waals surface area contributed by atoms with Gasteiger partial charge in [0.2, 0.25) is 0 Å². The van der Waals surface area contributed by atoms with Gasteiger partial charge in [0, 0.05) is 4.90 Å². The number of aryl methyl sites for hydroxylation is 1. The zero-order chi connectivity index (χ0) is 13.8. The summed E-state index contributed by atoms with van der Waals surface area (Å²) in [5.74, 6) is 0. The standard InChI is InChI=1S/C16H18O2S/c1-12-8-10-15(11-9-12)19(18)13(2)16(17)14-6-4-3-5-7-14/h3-11,13,16-17H,1-2H3/t13-,16-,19?/m0/s1. The van der Waals surface area contributed by atoms with Crippen molar-refractivity contribution < 1.29 is 9.32 Å². The summed E-state index contributed by atoms with van der Waals surface area (Å²) in [6, 6.07) is 17.0. The second-order valence-electron chi connectivity index (χ2n) is 4.67. The molecule has 0 saturated carbocycles. The molecule has 100 valence electrons. The summed E-state index contributed by atoms with van der Waals surface area (Å²) < 4.78 is 12.4.